The first-order valence-electron chi connectivity index (χ1n) is 10.8. The summed E-state index contributed by atoms with van der Waals surface area (Å²) in [4.78, 5) is 19.0. The third-order valence-electron chi connectivity index (χ3n) is 5.81. The molecule has 0 radical (unpaired) electrons. The van der Waals surface area contributed by atoms with Crippen molar-refractivity contribution < 1.29 is 31.5 Å². The molecule has 0 aliphatic carbocycles. The fourth-order valence-corrected chi connectivity index (χ4v) is 5.31. The molecular formula is C23H22F3N5O4S. The number of carbonyl (C=O) groups is 1. The van der Waals surface area contributed by atoms with E-state index in [0.717, 1.165) is 16.4 Å². The summed E-state index contributed by atoms with van der Waals surface area (Å²) < 4.78 is 65.5. The number of aliphatic hydroxyl groups excluding tert-OH is 1. The van der Waals surface area contributed by atoms with Gasteiger partial charge in [0.15, 0.2) is 0 Å². The first kappa shape index (κ1) is 25.5. The van der Waals surface area contributed by atoms with E-state index in [1.165, 1.54) is 24.4 Å². The summed E-state index contributed by atoms with van der Waals surface area (Å²) in [6.45, 7) is -0.111. The number of alkyl halides is 3. The highest BCUT2D eigenvalue weighted by atomic mass is 32.2. The van der Waals surface area contributed by atoms with Gasteiger partial charge in [-0.3, -0.25) is 9.78 Å². The number of benzene rings is 1. The molecule has 4 N–H and O–H groups in total. The number of hydrogen-bond donors (Lipinski definition) is 3. The van der Waals surface area contributed by atoms with Crippen molar-refractivity contribution in [3.63, 3.8) is 0 Å². The van der Waals surface area contributed by atoms with Crippen molar-refractivity contribution in [2.24, 2.45) is 5.73 Å². The van der Waals surface area contributed by atoms with Crippen LogP contribution in [0.2, 0.25) is 0 Å². The minimum Gasteiger partial charge on any atom is -0.390 e. The Kier molecular flexibility index (Phi) is 6.98. The number of pyridine rings is 2. The van der Waals surface area contributed by atoms with Crippen LogP contribution in [-0.4, -0.2) is 58.9 Å². The van der Waals surface area contributed by atoms with Gasteiger partial charge in [-0.1, -0.05) is 12.1 Å². The second kappa shape index (κ2) is 9.84. The number of carbonyl (C=O) groups excluding carboxylic acids is 1. The van der Waals surface area contributed by atoms with Gasteiger partial charge >= 0.3 is 6.18 Å². The predicted octanol–water partition coefficient (Wildman–Crippen LogP) is 2.50. The molecule has 0 bridgehead atoms. The van der Waals surface area contributed by atoms with Crippen LogP contribution >= 0.6 is 0 Å². The van der Waals surface area contributed by atoms with E-state index >= 15 is 0 Å². The van der Waals surface area contributed by atoms with Crippen LogP contribution in [0.3, 0.4) is 0 Å². The monoisotopic (exact) mass is 521 g/mol. The van der Waals surface area contributed by atoms with Crippen LogP contribution in [0.15, 0.2) is 65.8 Å². The minimum atomic E-state index is -4.51. The van der Waals surface area contributed by atoms with Gasteiger partial charge in [0.1, 0.15) is 11.5 Å². The van der Waals surface area contributed by atoms with Crippen molar-refractivity contribution in [2.75, 3.05) is 18.4 Å². The van der Waals surface area contributed by atoms with Gasteiger partial charge in [-0.15, -0.1) is 0 Å². The number of piperidine rings is 1. The van der Waals surface area contributed by atoms with Crippen molar-refractivity contribution in [1.82, 2.24) is 14.3 Å². The summed E-state index contributed by atoms with van der Waals surface area (Å²) in [7, 11) is -3.92. The molecule has 36 heavy (non-hydrogen) atoms. The van der Waals surface area contributed by atoms with Crippen molar-refractivity contribution in [3.8, 4) is 11.1 Å². The Hall–Kier alpha value is -3.55. The van der Waals surface area contributed by atoms with Crippen molar-refractivity contribution in [3.05, 3.63) is 72.2 Å². The molecule has 0 unspecified atom stereocenters. The average Bonchev–Trinajstić information content (AvgIpc) is 2.85. The number of primary amides is 1. The fraction of sp³-hybridized carbons (Fsp3) is 0.261. The highest BCUT2D eigenvalue weighted by Gasteiger charge is 2.35. The molecule has 1 aromatic carbocycles. The number of rotatable bonds is 6. The van der Waals surface area contributed by atoms with Gasteiger partial charge in [0, 0.05) is 25.5 Å². The zero-order chi connectivity index (χ0) is 26.1. The number of halogens is 3. The van der Waals surface area contributed by atoms with E-state index in [1.807, 2.05) is 0 Å². The third-order valence-corrected chi connectivity index (χ3v) is 7.69. The van der Waals surface area contributed by atoms with Crippen LogP contribution in [0.25, 0.3) is 11.1 Å². The van der Waals surface area contributed by atoms with Gasteiger partial charge in [-0.05, 0) is 53.9 Å². The van der Waals surface area contributed by atoms with Crippen LogP contribution in [0, 0.1) is 0 Å². The first-order chi connectivity index (χ1) is 16.9. The topological polar surface area (TPSA) is 139 Å². The van der Waals surface area contributed by atoms with Gasteiger partial charge in [0.05, 0.1) is 22.6 Å². The molecule has 2 aromatic heterocycles. The summed E-state index contributed by atoms with van der Waals surface area (Å²) in [5, 5.41) is 13.4. The average molecular weight is 522 g/mol. The van der Waals surface area contributed by atoms with E-state index in [2.05, 4.69) is 15.3 Å². The van der Waals surface area contributed by atoms with Gasteiger partial charge in [-0.25, -0.2) is 13.4 Å². The number of nitrogens with zero attached hydrogens (tertiary/aromatic N) is 3. The Morgan fingerprint density at radius 2 is 1.81 bits per heavy atom. The smallest absolute Gasteiger partial charge is 0.390 e. The molecular weight excluding hydrogens is 499 g/mol. The molecule has 1 fully saturated rings. The SMILES string of the molecule is NC(=O)c1cc(-c2ccc(S(=O)(=O)N3CC[C@@H](Nc4ccc(C(F)(F)F)cn4)[C@@H](O)C3)cc2)ccn1. The molecule has 190 valence electrons. The Bertz CT molecular complexity index is 1350. The van der Waals surface area contributed by atoms with Crippen molar-refractivity contribution >= 4 is 21.7 Å². The summed E-state index contributed by atoms with van der Waals surface area (Å²) in [6, 6.07) is 10.7. The van der Waals surface area contributed by atoms with Crippen LogP contribution in [0.5, 0.6) is 0 Å². The number of anilines is 1. The molecule has 2 atom stereocenters. The number of sulfonamides is 1. The molecule has 1 amide bonds. The standard InChI is InChI=1S/C23H22F3N5O4S/c24-23(25,26)16-3-6-21(29-12-16)30-18-8-10-31(13-20(18)32)36(34,35)17-4-1-14(2-5-17)15-7-9-28-19(11-15)22(27)33/h1-7,9,11-12,18,20,32H,8,10,13H2,(H2,27,33)(H,29,30)/t18-,20+/m1/s1. The van der Waals surface area contributed by atoms with Crippen LogP contribution < -0.4 is 11.1 Å². The Balaban J connectivity index is 1.42. The minimum absolute atomic E-state index is 0.0263. The molecule has 3 heterocycles. The second-order valence-corrected chi connectivity index (χ2v) is 10.2. The van der Waals surface area contributed by atoms with Crippen molar-refractivity contribution in [2.45, 2.75) is 29.6 Å². The summed E-state index contributed by atoms with van der Waals surface area (Å²) in [6.07, 6.45) is -3.28. The van der Waals surface area contributed by atoms with Crippen LogP contribution in [0.4, 0.5) is 19.0 Å². The van der Waals surface area contributed by atoms with Gasteiger partial charge in [-0.2, -0.15) is 17.5 Å². The van der Waals surface area contributed by atoms with Crippen LogP contribution in [-0.2, 0) is 16.2 Å². The largest absolute Gasteiger partial charge is 0.417 e. The molecule has 9 nitrogen and oxygen atoms in total. The van der Waals surface area contributed by atoms with Gasteiger partial charge < -0.3 is 16.2 Å². The lowest BCUT2D eigenvalue weighted by atomic mass is 10.0. The first-order valence-corrected chi connectivity index (χ1v) is 12.2. The number of amides is 1. The molecule has 3 aromatic rings. The molecule has 0 spiro atoms. The van der Waals surface area contributed by atoms with E-state index in [1.54, 1.807) is 18.2 Å². The van der Waals surface area contributed by atoms with E-state index in [9.17, 15) is 31.5 Å². The summed E-state index contributed by atoms with van der Waals surface area (Å²) in [5.41, 5.74) is 5.75. The normalized spacial score (nSPS) is 19.1. The number of hydrogen-bond acceptors (Lipinski definition) is 7. The Morgan fingerprint density at radius 1 is 1.08 bits per heavy atom. The highest BCUT2D eigenvalue weighted by molar-refractivity contribution is 7.89. The quantitative estimate of drug-likeness (QED) is 0.453. The lowest BCUT2D eigenvalue weighted by Crippen LogP contribution is -2.51. The number of β-amino-alcohol motifs (C(OH)–C–C–N with tert-alkyl or cyclic N) is 1. The lowest BCUT2D eigenvalue weighted by Gasteiger charge is -2.35. The molecule has 4 rings (SSSR count). The summed E-state index contributed by atoms with van der Waals surface area (Å²) >= 11 is 0. The highest BCUT2D eigenvalue weighted by Crippen LogP contribution is 2.30. The van der Waals surface area contributed by atoms with E-state index in [0.29, 0.717) is 17.3 Å². The van der Waals surface area contributed by atoms with Crippen molar-refractivity contribution in [1.29, 1.82) is 0 Å². The summed E-state index contributed by atoms with van der Waals surface area (Å²) in [5.74, 6) is -0.531. The third kappa shape index (κ3) is 5.48. The molecule has 1 saturated heterocycles. The molecule has 1 aliphatic rings. The van der Waals surface area contributed by atoms with E-state index in [-0.39, 0.29) is 35.9 Å². The lowest BCUT2D eigenvalue weighted by molar-refractivity contribution is -0.137. The maximum absolute atomic E-state index is 13.1. The van der Waals surface area contributed by atoms with Gasteiger partial charge in [0.25, 0.3) is 5.91 Å². The number of nitrogens with one attached hydrogen (secondary N) is 1. The van der Waals surface area contributed by atoms with E-state index < -0.39 is 39.8 Å². The zero-order valence-electron chi connectivity index (χ0n) is 18.7. The fourth-order valence-electron chi connectivity index (χ4n) is 3.84. The Labute approximate surface area is 204 Å². The molecule has 1 aliphatic heterocycles. The van der Waals surface area contributed by atoms with E-state index in [4.69, 9.17) is 5.73 Å². The maximum atomic E-state index is 13.1. The number of nitrogens with two attached hydrogens (primary N) is 1. The maximum Gasteiger partial charge on any atom is 0.417 e. The number of aliphatic hydroxyl groups is 1. The zero-order valence-corrected chi connectivity index (χ0v) is 19.5. The predicted molar refractivity (Wildman–Crippen MR) is 124 cm³/mol. The molecule has 13 heteroatoms. The molecule has 0 saturated carbocycles. The van der Waals surface area contributed by atoms with Crippen LogP contribution in [0.1, 0.15) is 22.5 Å². The van der Waals surface area contributed by atoms with Gasteiger partial charge in [0.2, 0.25) is 10.0 Å². The Morgan fingerprint density at radius 3 is 2.39 bits per heavy atom. The number of aromatic nitrogens is 2. The second-order valence-electron chi connectivity index (χ2n) is 8.22.